The van der Waals surface area contributed by atoms with Crippen LogP contribution in [-0.4, -0.2) is 17.8 Å². The van der Waals surface area contributed by atoms with E-state index in [9.17, 15) is 4.79 Å². The molecule has 0 radical (unpaired) electrons. The number of fused-ring (bicyclic) bond motifs is 1. The third-order valence-corrected chi connectivity index (χ3v) is 2.04. The van der Waals surface area contributed by atoms with Gasteiger partial charge < -0.3 is 15.2 Å². The Hall–Kier alpha value is -2.02. The highest BCUT2D eigenvalue weighted by molar-refractivity contribution is 7.80. The zero-order valence-corrected chi connectivity index (χ0v) is 8.97. The Morgan fingerprint density at radius 1 is 1.31 bits per heavy atom. The van der Waals surface area contributed by atoms with Gasteiger partial charge in [-0.2, -0.15) is 0 Å². The summed E-state index contributed by atoms with van der Waals surface area (Å²) in [4.78, 5) is 11.6. The van der Waals surface area contributed by atoms with Crippen molar-refractivity contribution in [1.82, 2.24) is 10.9 Å². The average Bonchev–Trinajstić information content (AvgIpc) is 2.72. The van der Waals surface area contributed by atoms with E-state index in [2.05, 4.69) is 23.1 Å². The van der Waals surface area contributed by atoms with Crippen molar-refractivity contribution >= 4 is 23.2 Å². The first kappa shape index (κ1) is 10.5. The molecule has 4 N–H and O–H groups in total. The van der Waals surface area contributed by atoms with E-state index in [1.807, 2.05) is 0 Å². The second-order valence-electron chi connectivity index (χ2n) is 3.01. The van der Waals surface area contributed by atoms with Crippen LogP contribution < -0.4 is 26.1 Å². The predicted octanol–water partition coefficient (Wildman–Crippen LogP) is -0.107. The second-order valence-corrected chi connectivity index (χ2v) is 3.45. The van der Waals surface area contributed by atoms with Gasteiger partial charge >= 0.3 is 0 Å². The summed E-state index contributed by atoms with van der Waals surface area (Å²) in [6.45, 7) is 0.172. The number of rotatable bonds is 1. The number of nitrogens with one attached hydrogen (secondary N) is 2. The van der Waals surface area contributed by atoms with Crippen LogP contribution in [0, 0.1) is 0 Å². The van der Waals surface area contributed by atoms with Crippen LogP contribution >= 0.6 is 12.2 Å². The summed E-state index contributed by atoms with van der Waals surface area (Å²) in [5.74, 6) is 0.813. The normalized spacial score (nSPS) is 12.0. The fourth-order valence-electron chi connectivity index (χ4n) is 1.23. The summed E-state index contributed by atoms with van der Waals surface area (Å²) in [5.41, 5.74) is 10.3. The van der Waals surface area contributed by atoms with Gasteiger partial charge in [0, 0.05) is 5.56 Å². The SMILES string of the molecule is NC(=S)NNC(=O)c1ccc2c(c1)OCO2. The second kappa shape index (κ2) is 4.23. The van der Waals surface area contributed by atoms with Crippen LogP contribution in [0.2, 0.25) is 0 Å². The molecule has 0 aromatic heterocycles. The van der Waals surface area contributed by atoms with Crippen molar-refractivity contribution in [2.45, 2.75) is 0 Å². The molecule has 1 aromatic carbocycles. The molecule has 0 saturated heterocycles. The van der Waals surface area contributed by atoms with Gasteiger partial charge in [0.15, 0.2) is 16.6 Å². The Bertz CT molecular complexity index is 450. The summed E-state index contributed by atoms with van der Waals surface area (Å²) in [5, 5.41) is -0.00547. The molecule has 16 heavy (non-hydrogen) atoms. The molecule has 0 aliphatic carbocycles. The van der Waals surface area contributed by atoms with E-state index in [1.165, 1.54) is 0 Å². The molecular formula is C9H9N3O3S. The third-order valence-electron chi connectivity index (χ3n) is 1.93. The van der Waals surface area contributed by atoms with E-state index in [0.717, 1.165) is 0 Å². The minimum Gasteiger partial charge on any atom is -0.454 e. The highest BCUT2D eigenvalue weighted by atomic mass is 32.1. The van der Waals surface area contributed by atoms with Crippen LogP contribution in [0.25, 0.3) is 0 Å². The van der Waals surface area contributed by atoms with Gasteiger partial charge in [0.2, 0.25) is 6.79 Å². The number of carbonyl (C=O) groups excluding carboxylic acids is 1. The lowest BCUT2D eigenvalue weighted by atomic mass is 10.2. The fraction of sp³-hybridized carbons (Fsp3) is 0.111. The Balaban J connectivity index is 2.09. The molecule has 0 atom stereocenters. The van der Waals surface area contributed by atoms with Crippen LogP contribution in [0.3, 0.4) is 0 Å². The van der Waals surface area contributed by atoms with Crippen LogP contribution in [0.15, 0.2) is 18.2 Å². The van der Waals surface area contributed by atoms with Gasteiger partial charge in [-0.1, -0.05) is 0 Å². The van der Waals surface area contributed by atoms with E-state index in [0.29, 0.717) is 17.1 Å². The van der Waals surface area contributed by atoms with Crippen molar-refractivity contribution in [1.29, 1.82) is 0 Å². The van der Waals surface area contributed by atoms with Gasteiger partial charge in [-0.05, 0) is 30.4 Å². The van der Waals surface area contributed by atoms with Crippen LogP contribution in [-0.2, 0) is 0 Å². The van der Waals surface area contributed by atoms with Gasteiger partial charge in [0.05, 0.1) is 0 Å². The number of nitrogens with two attached hydrogens (primary N) is 1. The lowest BCUT2D eigenvalue weighted by Gasteiger charge is -2.06. The molecule has 84 valence electrons. The van der Waals surface area contributed by atoms with E-state index in [1.54, 1.807) is 18.2 Å². The number of hydrogen-bond donors (Lipinski definition) is 3. The maximum Gasteiger partial charge on any atom is 0.269 e. The quantitative estimate of drug-likeness (QED) is 0.468. The molecule has 0 saturated carbocycles. The molecule has 1 aliphatic rings. The average molecular weight is 239 g/mol. The first-order chi connectivity index (χ1) is 7.66. The van der Waals surface area contributed by atoms with E-state index in [-0.39, 0.29) is 17.8 Å². The van der Waals surface area contributed by atoms with Crippen molar-refractivity contribution in [3.63, 3.8) is 0 Å². The Morgan fingerprint density at radius 2 is 2.06 bits per heavy atom. The first-order valence-electron chi connectivity index (χ1n) is 4.42. The minimum absolute atomic E-state index is 0.00547. The molecule has 6 nitrogen and oxygen atoms in total. The summed E-state index contributed by atoms with van der Waals surface area (Å²) in [6.07, 6.45) is 0. The van der Waals surface area contributed by atoms with Gasteiger partial charge in [0.25, 0.3) is 5.91 Å². The van der Waals surface area contributed by atoms with Crippen LogP contribution in [0.4, 0.5) is 0 Å². The summed E-state index contributed by atoms with van der Waals surface area (Å²) in [7, 11) is 0. The van der Waals surface area contributed by atoms with Crippen LogP contribution in [0.5, 0.6) is 11.5 Å². The summed E-state index contributed by atoms with van der Waals surface area (Å²) in [6, 6.07) is 4.86. The Labute approximate surface area is 96.7 Å². The zero-order chi connectivity index (χ0) is 11.5. The highest BCUT2D eigenvalue weighted by Crippen LogP contribution is 2.32. The number of amides is 1. The van der Waals surface area contributed by atoms with Gasteiger partial charge in [0.1, 0.15) is 0 Å². The molecule has 0 unspecified atom stereocenters. The maximum atomic E-state index is 11.6. The Kier molecular flexibility index (Phi) is 2.78. The summed E-state index contributed by atoms with van der Waals surface area (Å²) < 4.78 is 10.3. The first-order valence-corrected chi connectivity index (χ1v) is 4.83. The third kappa shape index (κ3) is 2.14. The van der Waals surface area contributed by atoms with Crippen molar-refractivity contribution < 1.29 is 14.3 Å². The lowest BCUT2D eigenvalue weighted by Crippen LogP contribution is -2.44. The minimum atomic E-state index is -0.355. The van der Waals surface area contributed by atoms with Crippen molar-refractivity contribution in [2.24, 2.45) is 5.73 Å². The molecule has 0 bridgehead atoms. The molecule has 1 aromatic rings. The monoisotopic (exact) mass is 239 g/mol. The maximum absolute atomic E-state index is 11.6. The topological polar surface area (TPSA) is 85.6 Å². The lowest BCUT2D eigenvalue weighted by molar-refractivity contribution is 0.0943. The number of benzene rings is 1. The number of carbonyl (C=O) groups is 1. The van der Waals surface area contributed by atoms with Gasteiger partial charge in [-0.25, -0.2) is 0 Å². The molecule has 1 heterocycles. The molecule has 1 aliphatic heterocycles. The Morgan fingerprint density at radius 3 is 2.81 bits per heavy atom. The molecule has 0 fully saturated rings. The standard InChI is InChI=1S/C9H9N3O3S/c10-9(16)12-11-8(13)5-1-2-6-7(3-5)15-4-14-6/h1-3H,4H2,(H,11,13)(H3,10,12,16). The van der Waals surface area contributed by atoms with E-state index >= 15 is 0 Å². The largest absolute Gasteiger partial charge is 0.454 e. The van der Waals surface area contributed by atoms with Crippen molar-refractivity contribution in [2.75, 3.05) is 6.79 Å². The predicted molar refractivity (Wildman–Crippen MR) is 60.0 cm³/mol. The molecule has 2 rings (SSSR count). The van der Waals surface area contributed by atoms with E-state index in [4.69, 9.17) is 15.2 Å². The van der Waals surface area contributed by atoms with Gasteiger partial charge in [-0.15, -0.1) is 0 Å². The molecule has 0 spiro atoms. The zero-order valence-electron chi connectivity index (χ0n) is 8.15. The number of hydrogen-bond acceptors (Lipinski definition) is 4. The molecular weight excluding hydrogens is 230 g/mol. The smallest absolute Gasteiger partial charge is 0.269 e. The number of ether oxygens (including phenoxy) is 2. The molecule has 7 heteroatoms. The number of thiocarbonyl (C=S) groups is 1. The van der Waals surface area contributed by atoms with Crippen molar-refractivity contribution in [3.05, 3.63) is 23.8 Å². The summed E-state index contributed by atoms with van der Waals surface area (Å²) >= 11 is 4.55. The van der Waals surface area contributed by atoms with E-state index < -0.39 is 0 Å². The fourth-order valence-corrected chi connectivity index (χ4v) is 1.28. The van der Waals surface area contributed by atoms with Gasteiger partial charge in [-0.3, -0.25) is 15.6 Å². The molecule has 1 amide bonds. The highest BCUT2D eigenvalue weighted by Gasteiger charge is 2.15. The van der Waals surface area contributed by atoms with Crippen molar-refractivity contribution in [3.8, 4) is 11.5 Å². The van der Waals surface area contributed by atoms with Crippen LogP contribution in [0.1, 0.15) is 10.4 Å². The number of hydrazine groups is 1.